The maximum absolute atomic E-state index is 13.4. The summed E-state index contributed by atoms with van der Waals surface area (Å²) < 4.78 is 2.53. The van der Waals surface area contributed by atoms with Crippen LogP contribution in [0, 0.1) is 6.92 Å². The van der Waals surface area contributed by atoms with Crippen LogP contribution < -0.4 is 4.90 Å². The first-order valence-corrected chi connectivity index (χ1v) is 16.5. The molecule has 5 heterocycles. The van der Waals surface area contributed by atoms with Crippen LogP contribution in [0.1, 0.15) is 72.9 Å². The fraction of sp³-hybridized carbons (Fsp3) is 0.500. The van der Waals surface area contributed by atoms with E-state index < -0.39 is 0 Å². The van der Waals surface area contributed by atoms with Crippen molar-refractivity contribution >= 4 is 33.4 Å². The highest BCUT2D eigenvalue weighted by atomic mass is 32.1. The van der Waals surface area contributed by atoms with Gasteiger partial charge in [-0.1, -0.05) is 42.5 Å². The van der Waals surface area contributed by atoms with Crippen molar-refractivity contribution in [3.63, 3.8) is 0 Å². The summed E-state index contributed by atoms with van der Waals surface area (Å²) >= 11 is 1.53. The van der Waals surface area contributed by atoms with E-state index in [1.165, 1.54) is 48.1 Å². The Labute approximate surface area is 253 Å². The number of carbonyl (C=O) groups excluding carboxylic acids is 1. The number of piperidine rings is 2. The highest BCUT2D eigenvalue weighted by Gasteiger charge is 2.44. The van der Waals surface area contributed by atoms with E-state index in [0.717, 1.165) is 55.4 Å². The van der Waals surface area contributed by atoms with Crippen LogP contribution in [0.25, 0.3) is 11.0 Å². The molecule has 3 saturated heterocycles. The maximum atomic E-state index is 13.4. The predicted octanol–water partition coefficient (Wildman–Crippen LogP) is 6.30. The number of carbonyl (C=O) groups is 1. The summed E-state index contributed by atoms with van der Waals surface area (Å²) in [6.07, 6.45) is 8.16. The van der Waals surface area contributed by atoms with Gasteiger partial charge in [0.15, 0.2) is 5.13 Å². The summed E-state index contributed by atoms with van der Waals surface area (Å²) in [5.41, 5.74) is 4.52. The number of aromatic nitrogens is 3. The van der Waals surface area contributed by atoms with Crippen molar-refractivity contribution in [2.45, 2.75) is 75.4 Å². The average molecular weight is 583 g/mol. The van der Waals surface area contributed by atoms with E-state index in [2.05, 4.69) is 76.0 Å². The third kappa shape index (κ3) is 4.92. The lowest BCUT2D eigenvalue weighted by molar-refractivity contribution is 0.0603. The molecule has 42 heavy (non-hydrogen) atoms. The number of benzene rings is 2. The van der Waals surface area contributed by atoms with Crippen LogP contribution in [0.4, 0.5) is 5.13 Å². The summed E-state index contributed by atoms with van der Waals surface area (Å²) in [5.74, 6) is 1.22. The van der Waals surface area contributed by atoms with Crippen molar-refractivity contribution in [3.8, 4) is 0 Å². The van der Waals surface area contributed by atoms with E-state index in [9.17, 15) is 4.79 Å². The van der Waals surface area contributed by atoms with Crippen LogP contribution in [-0.4, -0.2) is 76.1 Å². The predicted molar refractivity (Wildman–Crippen MR) is 171 cm³/mol. The molecule has 2 atom stereocenters. The number of imidazole rings is 1. The van der Waals surface area contributed by atoms with E-state index >= 15 is 0 Å². The number of nitrogens with zero attached hydrogens (tertiary/aromatic N) is 6. The number of hydrogen-bond donors (Lipinski definition) is 0. The first-order valence-electron chi connectivity index (χ1n) is 15.6. The van der Waals surface area contributed by atoms with Crippen LogP contribution in [0.2, 0.25) is 0 Å². The van der Waals surface area contributed by atoms with Crippen LogP contribution >= 0.6 is 11.3 Å². The molecule has 0 radical (unpaired) electrons. The topological polar surface area (TPSA) is 57.5 Å². The van der Waals surface area contributed by atoms with Gasteiger partial charge >= 0.3 is 0 Å². The van der Waals surface area contributed by atoms with Gasteiger partial charge in [0.2, 0.25) is 0 Å². The molecule has 0 aliphatic carbocycles. The smallest absolute Gasteiger partial charge is 0.273 e. The zero-order valence-corrected chi connectivity index (χ0v) is 25.9. The molecule has 7 rings (SSSR count). The number of rotatable bonds is 7. The molecular weight excluding hydrogens is 540 g/mol. The summed E-state index contributed by atoms with van der Waals surface area (Å²) in [7, 11) is 3.94. The van der Waals surface area contributed by atoms with Gasteiger partial charge in [0.25, 0.3) is 5.91 Å². The fourth-order valence-electron chi connectivity index (χ4n) is 8.13. The molecule has 0 spiro atoms. The Morgan fingerprint density at radius 3 is 2.33 bits per heavy atom. The van der Waals surface area contributed by atoms with Crippen molar-refractivity contribution in [2.75, 3.05) is 38.6 Å². The summed E-state index contributed by atoms with van der Waals surface area (Å²) in [6.45, 7) is 4.87. The highest BCUT2D eigenvalue weighted by molar-refractivity contribution is 7.13. The Hall–Kier alpha value is -3.23. The molecule has 4 aromatic rings. The van der Waals surface area contributed by atoms with E-state index in [1.54, 1.807) is 0 Å². The number of likely N-dealkylation sites (tertiary alicyclic amines) is 1. The highest BCUT2D eigenvalue weighted by Crippen LogP contribution is 2.45. The van der Waals surface area contributed by atoms with Crippen molar-refractivity contribution in [3.05, 3.63) is 77.1 Å². The van der Waals surface area contributed by atoms with E-state index in [0.29, 0.717) is 23.8 Å². The quantitative estimate of drug-likeness (QED) is 0.256. The third-order valence-electron chi connectivity index (χ3n) is 10.3. The van der Waals surface area contributed by atoms with E-state index in [1.807, 2.05) is 29.3 Å². The molecule has 220 valence electrons. The van der Waals surface area contributed by atoms with Crippen LogP contribution in [0.15, 0.2) is 60.0 Å². The van der Waals surface area contributed by atoms with Gasteiger partial charge in [-0.25, -0.2) is 9.97 Å². The second-order valence-corrected chi connectivity index (χ2v) is 13.7. The number of para-hydroxylation sites is 2. The fourth-order valence-corrected chi connectivity index (χ4v) is 8.87. The van der Waals surface area contributed by atoms with Crippen molar-refractivity contribution in [1.29, 1.82) is 0 Å². The zero-order valence-electron chi connectivity index (χ0n) is 25.1. The normalized spacial score (nSPS) is 23.9. The SMILES string of the molecule is Cc1nc2ccccc2n1C1CC2CCC(C1)N2CCC1(c2ccccc2)CCN(C(=O)c2csc(N(C)C)n2)CC1. The molecule has 2 aromatic carbocycles. The summed E-state index contributed by atoms with van der Waals surface area (Å²) in [5, 5.41) is 2.79. The molecular formula is C34H42N6OS. The largest absolute Gasteiger partial charge is 0.354 e. The number of thiazole rings is 1. The molecule has 0 saturated carbocycles. The first kappa shape index (κ1) is 27.6. The van der Waals surface area contributed by atoms with Gasteiger partial charge in [-0.3, -0.25) is 9.69 Å². The van der Waals surface area contributed by atoms with Gasteiger partial charge < -0.3 is 14.4 Å². The van der Waals surface area contributed by atoms with Crippen molar-refractivity contribution in [1.82, 2.24) is 24.3 Å². The number of aryl methyl sites for hydroxylation is 1. The Morgan fingerprint density at radius 2 is 1.64 bits per heavy atom. The number of anilines is 1. The van der Waals surface area contributed by atoms with Gasteiger partial charge in [-0.05, 0) is 81.5 Å². The van der Waals surface area contributed by atoms with Gasteiger partial charge in [0.1, 0.15) is 11.5 Å². The second-order valence-electron chi connectivity index (χ2n) is 12.9. The Kier molecular flexibility index (Phi) is 7.31. The third-order valence-corrected chi connectivity index (χ3v) is 11.3. The molecule has 2 unspecified atom stereocenters. The maximum Gasteiger partial charge on any atom is 0.273 e. The first-order chi connectivity index (χ1) is 20.4. The van der Waals surface area contributed by atoms with E-state index in [-0.39, 0.29) is 11.3 Å². The summed E-state index contributed by atoms with van der Waals surface area (Å²) in [6, 6.07) is 21.5. The molecule has 1 amide bonds. The number of hydrogen-bond acceptors (Lipinski definition) is 6. The average Bonchev–Trinajstić information content (AvgIpc) is 3.70. The lowest BCUT2D eigenvalue weighted by atomic mass is 9.70. The molecule has 2 aromatic heterocycles. The molecule has 8 heteroatoms. The standard InChI is InChI=1S/C34H42N6OS/c1-24-35-29-11-7-8-12-31(29)40(24)28-21-26-13-14-27(22-28)39(26)20-17-34(25-9-5-4-6-10-25)15-18-38(19-16-34)32(41)30-23-42-33(36-30)37(2)3/h4-12,23,26-28H,13-22H2,1-3H3. The van der Waals surface area contributed by atoms with Gasteiger partial charge in [-0.15, -0.1) is 11.3 Å². The Balaban J connectivity index is 1.05. The minimum atomic E-state index is 0.0726. The molecule has 2 bridgehead atoms. The van der Waals surface area contributed by atoms with Crippen molar-refractivity contribution in [2.24, 2.45) is 0 Å². The second kappa shape index (κ2) is 11.1. The molecule has 7 nitrogen and oxygen atoms in total. The Bertz CT molecular complexity index is 1540. The summed E-state index contributed by atoms with van der Waals surface area (Å²) in [4.78, 5) is 29.7. The minimum Gasteiger partial charge on any atom is -0.354 e. The monoisotopic (exact) mass is 582 g/mol. The van der Waals surface area contributed by atoms with Gasteiger partial charge in [0, 0.05) is 50.7 Å². The van der Waals surface area contributed by atoms with Crippen LogP contribution in [0.5, 0.6) is 0 Å². The molecule has 3 fully saturated rings. The molecule has 3 aliphatic rings. The van der Waals surface area contributed by atoms with Crippen LogP contribution in [-0.2, 0) is 5.41 Å². The molecule has 0 N–H and O–H groups in total. The van der Waals surface area contributed by atoms with Crippen molar-refractivity contribution < 1.29 is 4.79 Å². The minimum absolute atomic E-state index is 0.0726. The lowest BCUT2D eigenvalue weighted by Crippen LogP contribution is -2.49. The number of amides is 1. The number of fused-ring (bicyclic) bond motifs is 3. The van der Waals surface area contributed by atoms with Gasteiger partial charge in [-0.2, -0.15) is 0 Å². The lowest BCUT2D eigenvalue weighted by Gasteiger charge is -2.45. The Morgan fingerprint density at radius 1 is 0.952 bits per heavy atom. The van der Waals surface area contributed by atoms with Gasteiger partial charge in [0.05, 0.1) is 11.0 Å². The van der Waals surface area contributed by atoms with E-state index in [4.69, 9.17) is 4.98 Å². The van der Waals surface area contributed by atoms with Crippen LogP contribution in [0.3, 0.4) is 0 Å². The zero-order chi connectivity index (χ0) is 28.8. The molecule has 3 aliphatic heterocycles.